The zero-order chi connectivity index (χ0) is 11.4. The van der Waals surface area contributed by atoms with Gasteiger partial charge in [-0.25, -0.2) is 0 Å². The summed E-state index contributed by atoms with van der Waals surface area (Å²) < 4.78 is 10.8. The first-order valence-electron chi connectivity index (χ1n) is 5.37. The van der Waals surface area contributed by atoms with Gasteiger partial charge in [0.25, 0.3) is 0 Å². The molecule has 1 aliphatic rings. The van der Waals surface area contributed by atoms with Crippen LogP contribution >= 0.6 is 0 Å². The molecule has 1 heterocycles. The van der Waals surface area contributed by atoms with Crippen LogP contribution in [0.25, 0.3) is 0 Å². The zero-order valence-corrected chi connectivity index (χ0v) is 9.35. The van der Waals surface area contributed by atoms with Crippen molar-refractivity contribution in [3.8, 4) is 5.75 Å². The van der Waals surface area contributed by atoms with Crippen LogP contribution in [-0.2, 0) is 4.74 Å². The van der Waals surface area contributed by atoms with Crippen molar-refractivity contribution in [2.75, 3.05) is 20.2 Å². The van der Waals surface area contributed by atoms with Crippen molar-refractivity contribution in [3.63, 3.8) is 0 Å². The van der Waals surface area contributed by atoms with E-state index in [1.165, 1.54) is 0 Å². The van der Waals surface area contributed by atoms with Gasteiger partial charge in [0.1, 0.15) is 11.9 Å². The number of methoxy groups -OCH3 is 1. The lowest BCUT2D eigenvalue weighted by Crippen LogP contribution is -2.10. The normalized spacial score (nSPS) is 19.1. The van der Waals surface area contributed by atoms with Gasteiger partial charge in [0.05, 0.1) is 13.7 Å². The molecule has 86 valence electrons. The van der Waals surface area contributed by atoms with Crippen LogP contribution < -0.4 is 10.5 Å². The van der Waals surface area contributed by atoms with Crippen molar-refractivity contribution in [1.29, 1.82) is 0 Å². The van der Waals surface area contributed by atoms with E-state index >= 15 is 0 Å². The van der Waals surface area contributed by atoms with Crippen molar-refractivity contribution in [2.45, 2.75) is 12.5 Å². The van der Waals surface area contributed by atoms with Crippen LogP contribution in [-0.4, -0.2) is 26.1 Å². The average molecular weight is 220 g/mol. The van der Waals surface area contributed by atoms with Crippen LogP contribution in [0, 0.1) is 0 Å². The Bertz CT molecular complexity index is 373. The Balaban J connectivity index is 1.99. The lowest BCUT2D eigenvalue weighted by atomic mass is 10.1. The highest BCUT2D eigenvalue weighted by Gasteiger charge is 2.20. The van der Waals surface area contributed by atoms with Gasteiger partial charge in [-0.05, 0) is 17.7 Å². The SMILES string of the molecule is COc1ccc(C2CN=C(CCN)O2)cc1. The number of ether oxygens (including phenoxy) is 2. The quantitative estimate of drug-likeness (QED) is 0.836. The summed E-state index contributed by atoms with van der Waals surface area (Å²) in [4.78, 5) is 4.31. The highest BCUT2D eigenvalue weighted by atomic mass is 16.5. The molecule has 1 unspecified atom stereocenters. The molecule has 0 saturated heterocycles. The molecular formula is C12H16N2O2. The number of hydrogen-bond donors (Lipinski definition) is 1. The molecule has 4 heteroatoms. The molecule has 0 fully saturated rings. The summed E-state index contributed by atoms with van der Waals surface area (Å²) in [5, 5.41) is 0. The van der Waals surface area contributed by atoms with Gasteiger partial charge >= 0.3 is 0 Å². The minimum atomic E-state index is 0.0347. The minimum Gasteiger partial charge on any atom is -0.497 e. The number of nitrogens with zero attached hydrogens (tertiary/aromatic N) is 1. The fourth-order valence-corrected chi connectivity index (χ4v) is 1.68. The van der Waals surface area contributed by atoms with Crippen molar-refractivity contribution in [3.05, 3.63) is 29.8 Å². The van der Waals surface area contributed by atoms with Crippen LogP contribution in [0.5, 0.6) is 5.75 Å². The molecule has 4 nitrogen and oxygen atoms in total. The molecule has 0 aliphatic carbocycles. The molecule has 0 bridgehead atoms. The van der Waals surface area contributed by atoms with Gasteiger partial charge in [0.15, 0.2) is 5.90 Å². The monoisotopic (exact) mass is 220 g/mol. The molecular weight excluding hydrogens is 204 g/mol. The number of rotatable bonds is 4. The lowest BCUT2D eigenvalue weighted by Gasteiger charge is -2.11. The third-order valence-corrected chi connectivity index (χ3v) is 2.56. The first-order valence-corrected chi connectivity index (χ1v) is 5.37. The molecule has 0 aromatic heterocycles. The van der Waals surface area contributed by atoms with E-state index in [0.717, 1.165) is 17.2 Å². The largest absolute Gasteiger partial charge is 0.497 e. The molecule has 1 aromatic rings. The van der Waals surface area contributed by atoms with Gasteiger partial charge in [-0.1, -0.05) is 12.1 Å². The minimum absolute atomic E-state index is 0.0347. The van der Waals surface area contributed by atoms with E-state index in [9.17, 15) is 0 Å². The van der Waals surface area contributed by atoms with Crippen LogP contribution in [0.2, 0.25) is 0 Å². The summed E-state index contributed by atoms with van der Waals surface area (Å²) in [6, 6.07) is 7.87. The first kappa shape index (κ1) is 11.0. The molecule has 16 heavy (non-hydrogen) atoms. The van der Waals surface area contributed by atoms with Crippen LogP contribution in [0.3, 0.4) is 0 Å². The van der Waals surface area contributed by atoms with Crippen molar-refractivity contribution < 1.29 is 9.47 Å². The highest BCUT2D eigenvalue weighted by Crippen LogP contribution is 2.25. The summed E-state index contributed by atoms with van der Waals surface area (Å²) in [6.45, 7) is 1.26. The predicted molar refractivity (Wildman–Crippen MR) is 62.8 cm³/mol. The van der Waals surface area contributed by atoms with Gasteiger partial charge < -0.3 is 15.2 Å². The standard InChI is InChI=1S/C12H16N2O2/c1-15-10-4-2-9(3-5-10)11-8-14-12(16-11)6-7-13/h2-5,11H,6-8,13H2,1H3. The van der Waals surface area contributed by atoms with Crippen molar-refractivity contribution in [2.24, 2.45) is 10.7 Å². The molecule has 1 atom stereocenters. The highest BCUT2D eigenvalue weighted by molar-refractivity contribution is 5.78. The van der Waals surface area contributed by atoms with Crippen LogP contribution in [0.1, 0.15) is 18.1 Å². The maximum Gasteiger partial charge on any atom is 0.185 e. The molecule has 1 aromatic carbocycles. The smallest absolute Gasteiger partial charge is 0.185 e. The summed E-state index contributed by atoms with van der Waals surface area (Å²) in [5.41, 5.74) is 6.57. The Kier molecular flexibility index (Phi) is 3.41. The van der Waals surface area contributed by atoms with E-state index in [4.69, 9.17) is 15.2 Å². The Morgan fingerprint density at radius 1 is 1.44 bits per heavy atom. The second-order valence-corrected chi connectivity index (χ2v) is 3.65. The van der Waals surface area contributed by atoms with E-state index in [1.54, 1.807) is 7.11 Å². The summed E-state index contributed by atoms with van der Waals surface area (Å²) in [5.74, 6) is 1.62. The molecule has 0 spiro atoms. The number of hydrogen-bond acceptors (Lipinski definition) is 4. The molecule has 0 saturated carbocycles. The maximum atomic E-state index is 5.69. The van der Waals surface area contributed by atoms with Crippen LogP contribution in [0.15, 0.2) is 29.3 Å². The molecule has 2 rings (SSSR count). The third kappa shape index (κ3) is 2.33. The van der Waals surface area contributed by atoms with Gasteiger partial charge in [-0.2, -0.15) is 0 Å². The second kappa shape index (κ2) is 4.99. The predicted octanol–water partition coefficient (Wildman–Crippen LogP) is 1.51. The summed E-state index contributed by atoms with van der Waals surface area (Å²) in [6.07, 6.45) is 0.750. The third-order valence-electron chi connectivity index (χ3n) is 2.56. The molecule has 2 N–H and O–H groups in total. The van der Waals surface area contributed by atoms with Gasteiger partial charge in [-0.15, -0.1) is 0 Å². The number of nitrogens with two attached hydrogens (primary N) is 1. The van der Waals surface area contributed by atoms with Gasteiger partial charge in [0.2, 0.25) is 0 Å². The van der Waals surface area contributed by atoms with Crippen molar-refractivity contribution in [1.82, 2.24) is 0 Å². The van der Waals surface area contributed by atoms with Gasteiger partial charge in [-0.3, -0.25) is 4.99 Å². The zero-order valence-electron chi connectivity index (χ0n) is 9.35. The Morgan fingerprint density at radius 3 is 2.81 bits per heavy atom. The van der Waals surface area contributed by atoms with E-state index < -0.39 is 0 Å². The van der Waals surface area contributed by atoms with E-state index in [0.29, 0.717) is 19.5 Å². The summed E-state index contributed by atoms with van der Waals surface area (Å²) in [7, 11) is 1.66. The van der Waals surface area contributed by atoms with Crippen molar-refractivity contribution >= 4 is 5.90 Å². The number of benzene rings is 1. The molecule has 0 radical (unpaired) electrons. The summed E-state index contributed by atoms with van der Waals surface area (Å²) >= 11 is 0. The second-order valence-electron chi connectivity index (χ2n) is 3.65. The first-order chi connectivity index (χ1) is 7.83. The average Bonchev–Trinajstić information content (AvgIpc) is 2.78. The fourth-order valence-electron chi connectivity index (χ4n) is 1.68. The Morgan fingerprint density at radius 2 is 2.19 bits per heavy atom. The Labute approximate surface area is 95.1 Å². The van der Waals surface area contributed by atoms with E-state index in [1.807, 2.05) is 24.3 Å². The topological polar surface area (TPSA) is 56.8 Å². The number of aliphatic imine (C=N–C) groups is 1. The van der Waals surface area contributed by atoms with Gasteiger partial charge in [0, 0.05) is 13.0 Å². The Hall–Kier alpha value is -1.55. The fraction of sp³-hybridized carbons (Fsp3) is 0.417. The van der Waals surface area contributed by atoms with E-state index in [-0.39, 0.29) is 6.10 Å². The molecule has 0 amide bonds. The van der Waals surface area contributed by atoms with E-state index in [2.05, 4.69) is 4.99 Å². The maximum absolute atomic E-state index is 5.69. The molecule has 1 aliphatic heterocycles. The van der Waals surface area contributed by atoms with Crippen LogP contribution in [0.4, 0.5) is 0 Å². The lowest BCUT2D eigenvalue weighted by molar-refractivity contribution is 0.224.